The molecule has 0 saturated carbocycles. The van der Waals surface area contributed by atoms with E-state index in [2.05, 4.69) is 15.6 Å². The molecule has 0 fully saturated rings. The maximum absolute atomic E-state index is 13.7. The van der Waals surface area contributed by atoms with Crippen LogP contribution in [0.15, 0.2) is 60.9 Å². The van der Waals surface area contributed by atoms with Gasteiger partial charge in [-0.05, 0) is 24.3 Å². The molecule has 144 valence electrons. The second-order valence-corrected chi connectivity index (χ2v) is 5.93. The standard InChI is InChI=1S/C21H20FN3O3/c1-27-17-7-8-19(20(10-17)28-2)25-21(26)15-9-16(13-23-11-15)24-12-14-5-3-4-6-18(14)22/h3-11,13,24H,12H2,1-2H3,(H,25,26). The SMILES string of the molecule is COc1ccc(NC(=O)c2cncc(NCc3ccccc3F)c2)c(OC)c1. The summed E-state index contributed by atoms with van der Waals surface area (Å²) >= 11 is 0. The minimum absolute atomic E-state index is 0.283. The molecule has 3 aromatic rings. The minimum Gasteiger partial charge on any atom is -0.497 e. The molecule has 0 bridgehead atoms. The molecular formula is C21H20FN3O3. The van der Waals surface area contributed by atoms with Crippen molar-refractivity contribution in [3.63, 3.8) is 0 Å². The van der Waals surface area contributed by atoms with Crippen LogP contribution in [0.3, 0.4) is 0 Å². The van der Waals surface area contributed by atoms with Crippen molar-refractivity contribution in [2.24, 2.45) is 0 Å². The molecule has 2 aromatic carbocycles. The van der Waals surface area contributed by atoms with E-state index in [9.17, 15) is 9.18 Å². The van der Waals surface area contributed by atoms with Crippen molar-refractivity contribution in [2.75, 3.05) is 24.9 Å². The maximum atomic E-state index is 13.7. The van der Waals surface area contributed by atoms with Crippen molar-refractivity contribution >= 4 is 17.3 Å². The van der Waals surface area contributed by atoms with E-state index in [4.69, 9.17) is 9.47 Å². The Bertz CT molecular complexity index is 979. The average molecular weight is 381 g/mol. The Morgan fingerprint density at radius 2 is 1.89 bits per heavy atom. The largest absolute Gasteiger partial charge is 0.497 e. The summed E-state index contributed by atoms with van der Waals surface area (Å²) in [4.78, 5) is 16.7. The van der Waals surface area contributed by atoms with Crippen LogP contribution >= 0.6 is 0 Å². The molecule has 0 radical (unpaired) electrons. The maximum Gasteiger partial charge on any atom is 0.257 e. The zero-order valence-corrected chi connectivity index (χ0v) is 15.5. The molecule has 0 saturated heterocycles. The lowest BCUT2D eigenvalue weighted by atomic mass is 10.2. The molecule has 0 spiro atoms. The van der Waals surface area contributed by atoms with Gasteiger partial charge in [0.1, 0.15) is 17.3 Å². The van der Waals surface area contributed by atoms with Gasteiger partial charge in [-0.25, -0.2) is 4.39 Å². The van der Waals surface area contributed by atoms with E-state index in [0.717, 1.165) is 0 Å². The van der Waals surface area contributed by atoms with E-state index < -0.39 is 0 Å². The third-order valence-electron chi connectivity index (χ3n) is 4.10. The fraction of sp³-hybridized carbons (Fsp3) is 0.143. The Morgan fingerprint density at radius 3 is 2.64 bits per heavy atom. The summed E-state index contributed by atoms with van der Waals surface area (Å²) in [7, 11) is 3.07. The lowest BCUT2D eigenvalue weighted by Crippen LogP contribution is -2.13. The van der Waals surface area contributed by atoms with Crippen LogP contribution < -0.4 is 20.1 Å². The first-order valence-corrected chi connectivity index (χ1v) is 8.56. The molecule has 6 nitrogen and oxygen atoms in total. The van der Waals surface area contributed by atoms with Gasteiger partial charge in [0, 0.05) is 30.6 Å². The summed E-state index contributed by atoms with van der Waals surface area (Å²) < 4.78 is 24.2. The number of nitrogens with one attached hydrogen (secondary N) is 2. The van der Waals surface area contributed by atoms with Gasteiger partial charge in [-0.3, -0.25) is 9.78 Å². The molecule has 0 aliphatic rings. The summed E-state index contributed by atoms with van der Waals surface area (Å²) in [6, 6.07) is 13.3. The number of amides is 1. The van der Waals surface area contributed by atoms with Crippen LogP contribution in [0.4, 0.5) is 15.8 Å². The Labute approximate surface area is 162 Å². The predicted molar refractivity (Wildman–Crippen MR) is 105 cm³/mol. The number of aromatic nitrogens is 1. The second-order valence-electron chi connectivity index (χ2n) is 5.93. The van der Waals surface area contributed by atoms with Crippen LogP contribution in [0.2, 0.25) is 0 Å². The molecule has 1 amide bonds. The highest BCUT2D eigenvalue weighted by Gasteiger charge is 2.12. The van der Waals surface area contributed by atoms with Crippen molar-refractivity contribution in [3.8, 4) is 11.5 Å². The summed E-state index contributed by atoms with van der Waals surface area (Å²) in [5.74, 6) is 0.472. The smallest absolute Gasteiger partial charge is 0.257 e. The average Bonchev–Trinajstić information content (AvgIpc) is 2.73. The molecular weight excluding hydrogens is 361 g/mol. The van der Waals surface area contributed by atoms with Gasteiger partial charge >= 0.3 is 0 Å². The normalized spacial score (nSPS) is 10.2. The summed E-state index contributed by atoms with van der Waals surface area (Å²) in [6.07, 6.45) is 3.03. The van der Waals surface area contributed by atoms with E-state index in [1.165, 1.54) is 19.4 Å². The highest BCUT2D eigenvalue weighted by Crippen LogP contribution is 2.29. The molecule has 0 unspecified atom stereocenters. The Morgan fingerprint density at radius 1 is 1.07 bits per heavy atom. The van der Waals surface area contributed by atoms with E-state index in [-0.39, 0.29) is 18.3 Å². The van der Waals surface area contributed by atoms with Crippen LogP contribution in [-0.2, 0) is 6.54 Å². The number of hydrogen-bond acceptors (Lipinski definition) is 5. The Balaban J connectivity index is 1.71. The zero-order chi connectivity index (χ0) is 19.9. The van der Waals surface area contributed by atoms with Gasteiger partial charge < -0.3 is 20.1 Å². The third kappa shape index (κ3) is 4.56. The van der Waals surface area contributed by atoms with E-state index in [1.54, 1.807) is 55.8 Å². The van der Waals surface area contributed by atoms with E-state index in [1.807, 2.05) is 0 Å². The van der Waals surface area contributed by atoms with E-state index in [0.29, 0.717) is 34.0 Å². The fourth-order valence-electron chi connectivity index (χ4n) is 2.60. The number of anilines is 2. The highest BCUT2D eigenvalue weighted by atomic mass is 19.1. The molecule has 3 rings (SSSR count). The molecule has 7 heteroatoms. The van der Waals surface area contributed by atoms with E-state index >= 15 is 0 Å². The number of pyridine rings is 1. The predicted octanol–water partition coefficient (Wildman–Crippen LogP) is 4.10. The lowest BCUT2D eigenvalue weighted by Gasteiger charge is -2.12. The quantitative estimate of drug-likeness (QED) is 0.645. The lowest BCUT2D eigenvalue weighted by molar-refractivity contribution is 0.102. The summed E-state index contributed by atoms with van der Waals surface area (Å²) in [5, 5.41) is 5.87. The van der Waals surface area contributed by atoms with Crippen molar-refractivity contribution in [2.45, 2.75) is 6.54 Å². The third-order valence-corrected chi connectivity index (χ3v) is 4.10. The molecule has 1 aromatic heterocycles. The van der Waals surface area contributed by atoms with Gasteiger partial charge in [0.25, 0.3) is 5.91 Å². The van der Waals surface area contributed by atoms with Crippen LogP contribution in [0.1, 0.15) is 15.9 Å². The van der Waals surface area contributed by atoms with Gasteiger partial charge in [0.2, 0.25) is 0 Å². The number of rotatable bonds is 7. The first kappa shape index (κ1) is 19.2. The minimum atomic E-state index is -0.342. The molecule has 0 aliphatic carbocycles. The Hall–Kier alpha value is -3.61. The van der Waals surface area contributed by atoms with Crippen molar-refractivity contribution in [1.29, 1.82) is 0 Å². The number of halogens is 1. The number of benzene rings is 2. The number of carbonyl (C=O) groups excluding carboxylic acids is 1. The number of ether oxygens (including phenoxy) is 2. The van der Waals surface area contributed by atoms with Gasteiger partial charge in [-0.1, -0.05) is 18.2 Å². The van der Waals surface area contributed by atoms with Crippen LogP contribution in [0.25, 0.3) is 0 Å². The monoisotopic (exact) mass is 381 g/mol. The fourth-order valence-corrected chi connectivity index (χ4v) is 2.60. The van der Waals surface area contributed by atoms with Crippen LogP contribution in [0.5, 0.6) is 11.5 Å². The number of carbonyl (C=O) groups is 1. The van der Waals surface area contributed by atoms with Crippen molar-refractivity contribution in [3.05, 3.63) is 77.9 Å². The molecule has 28 heavy (non-hydrogen) atoms. The summed E-state index contributed by atoms with van der Waals surface area (Å²) in [5.41, 5.74) is 2.01. The number of nitrogens with zero attached hydrogens (tertiary/aromatic N) is 1. The first-order chi connectivity index (χ1) is 13.6. The van der Waals surface area contributed by atoms with Gasteiger partial charge in [0.15, 0.2) is 0 Å². The molecule has 0 aliphatic heterocycles. The Kier molecular flexibility index (Phi) is 6.06. The summed E-state index contributed by atoms with van der Waals surface area (Å²) in [6.45, 7) is 0.283. The first-order valence-electron chi connectivity index (χ1n) is 8.56. The topological polar surface area (TPSA) is 72.5 Å². The number of methoxy groups -OCH3 is 2. The molecule has 0 atom stereocenters. The number of hydrogen-bond donors (Lipinski definition) is 2. The second kappa shape index (κ2) is 8.85. The highest BCUT2D eigenvalue weighted by molar-refractivity contribution is 6.05. The zero-order valence-electron chi connectivity index (χ0n) is 15.5. The molecule has 1 heterocycles. The molecule has 2 N–H and O–H groups in total. The van der Waals surface area contributed by atoms with Crippen LogP contribution in [-0.4, -0.2) is 25.1 Å². The van der Waals surface area contributed by atoms with Gasteiger partial charge in [-0.2, -0.15) is 0 Å². The van der Waals surface area contributed by atoms with Gasteiger partial charge in [0.05, 0.1) is 31.2 Å². The van der Waals surface area contributed by atoms with Crippen molar-refractivity contribution < 1.29 is 18.7 Å². The van der Waals surface area contributed by atoms with Gasteiger partial charge in [-0.15, -0.1) is 0 Å². The van der Waals surface area contributed by atoms with Crippen molar-refractivity contribution in [1.82, 2.24) is 4.98 Å². The van der Waals surface area contributed by atoms with Crippen LogP contribution in [0, 0.1) is 5.82 Å².